The third kappa shape index (κ3) is 4.41. The van der Waals surface area contributed by atoms with Gasteiger partial charge in [-0.1, -0.05) is 83.8 Å². The molecule has 2 heterocycles. The van der Waals surface area contributed by atoms with Gasteiger partial charge in [0.15, 0.2) is 11.6 Å². The molecule has 7 rings (SSSR count). The Balaban J connectivity index is 1.32. The van der Waals surface area contributed by atoms with Crippen molar-refractivity contribution in [2.24, 2.45) is 5.92 Å². The molecule has 42 heavy (non-hydrogen) atoms. The summed E-state index contributed by atoms with van der Waals surface area (Å²) in [6.45, 7) is 6.07. The number of hydrogen-bond acceptors (Lipinski definition) is 5. The van der Waals surface area contributed by atoms with Crippen LogP contribution < -0.4 is 9.47 Å². The fraction of sp³-hybridized carbons (Fsp3) is 0.194. The molecule has 3 aliphatic rings. The third-order valence-corrected chi connectivity index (χ3v) is 10.6. The fourth-order valence-electron chi connectivity index (χ4n) is 6.42. The highest BCUT2D eigenvalue weighted by atomic mass is 32.2. The number of carbonyl (C=O) groups excluding carboxylic acids is 2. The van der Waals surface area contributed by atoms with E-state index in [4.69, 9.17) is 0 Å². The number of hydrogen-bond donors (Lipinski definition) is 0. The van der Waals surface area contributed by atoms with E-state index in [2.05, 4.69) is 96.1 Å². The maximum absolute atomic E-state index is 13.7. The highest BCUT2D eigenvalue weighted by Crippen LogP contribution is 2.47. The maximum Gasteiger partial charge on any atom is 0.262 e. The molecule has 0 fully saturated rings. The van der Waals surface area contributed by atoms with E-state index in [1.54, 1.807) is 35.2 Å². The average molecular weight is 588 g/mol. The minimum absolute atomic E-state index is 0.0831. The lowest BCUT2D eigenvalue weighted by molar-refractivity contribution is -0.665. The fourth-order valence-corrected chi connectivity index (χ4v) is 8.67. The largest absolute Gasteiger partial charge is 0.335 e. The predicted molar refractivity (Wildman–Crippen MR) is 173 cm³/mol. The van der Waals surface area contributed by atoms with Crippen LogP contribution in [-0.4, -0.2) is 18.1 Å². The van der Waals surface area contributed by atoms with Gasteiger partial charge in [-0.15, -0.1) is 0 Å². The summed E-state index contributed by atoms with van der Waals surface area (Å²) in [4.78, 5) is 31.1. The number of aryl methyl sites for hydroxylation is 1. The number of aromatic nitrogens is 1. The van der Waals surface area contributed by atoms with Crippen LogP contribution in [0.2, 0.25) is 0 Å². The van der Waals surface area contributed by atoms with Crippen LogP contribution >= 0.6 is 23.1 Å². The Morgan fingerprint density at radius 1 is 0.857 bits per heavy atom. The zero-order chi connectivity index (χ0) is 28.8. The van der Waals surface area contributed by atoms with E-state index in [1.807, 2.05) is 12.1 Å². The summed E-state index contributed by atoms with van der Waals surface area (Å²) in [7, 11) is 0. The second-order valence-electron chi connectivity index (χ2n) is 10.6. The predicted octanol–water partition coefficient (Wildman–Crippen LogP) is 8.41. The minimum atomic E-state index is -0.786. The molecule has 0 radical (unpaired) electrons. The Morgan fingerprint density at radius 3 is 2.33 bits per heavy atom. The Bertz CT molecular complexity index is 1860. The smallest absolute Gasteiger partial charge is 0.262 e. The van der Waals surface area contributed by atoms with Crippen molar-refractivity contribution in [1.82, 2.24) is 0 Å². The van der Waals surface area contributed by atoms with Crippen LogP contribution in [0.5, 0.6) is 0 Å². The number of thioether (sulfide) groups is 1. The first-order valence-corrected chi connectivity index (χ1v) is 16.2. The molecule has 0 unspecified atom stereocenters. The molecule has 1 aliphatic heterocycles. The van der Waals surface area contributed by atoms with Gasteiger partial charge in [0.05, 0.1) is 10.7 Å². The molecule has 2 aliphatic carbocycles. The molecule has 3 aromatic carbocycles. The van der Waals surface area contributed by atoms with Crippen LogP contribution in [0.4, 0.5) is 5.69 Å². The third-order valence-electron chi connectivity index (χ3n) is 8.39. The number of thiazole rings is 1. The van der Waals surface area contributed by atoms with E-state index in [1.165, 1.54) is 20.8 Å². The topological polar surface area (TPSA) is 41.3 Å². The van der Waals surface area contributed by atoms with E-state index in [0.29, 0.717) is 11.1 Å². The molecule has 4 aromatic rings. The van der Waals surface area contributed by atoms with E-state index in [0.717, 1.165) is 52.7 Å². The molecule has 0 saturated heterocycles. The minimum Gasteiger partial charge on any atom is -0.335 e. The molecule has 0 spiro atoms. The van der Waals surface area contributed by atoms with Gasteiger partial charge in [0.1, 0.15) is 17.2 Å². The van der Waals surface area contributed by atoms with E-state index < -0.39 is 5.92 Å². The zero-order valence-electron chi connectivity index (χ0n) is 23.7. The first-order chi connectivity index (χ1) is 20.6. The van der Waals surface area contributed by atoms with Crippen molar-refractivity contribution in [3.05, 3.63) is 129 Å². The quantitative estimate of drug-likeness (QED) is 0.168. The molecule has 6 heteroatoms. The molecular formula is C36H31N2O2S2+. The lowest BCUT2D eigenvalue weighted by Crippen LogP contribution is -2.33. The second-order valence-corrected chi connectivity index (χ2v) is 12.8. The number of nitrogens with zero attached hydrogens (tertiary/aromatic N) is 2. The van der Waals surface area contributed by atoms with Crippen molar-refractivity contribution >= 4 is 56.6 Å². The van der Waals surface area contributed by atoms with E-state index in [9.17, 15) is 9.59 Å². The molecule has 4 nitrogen and oxygen atoms in total. The molecule has 208 valence electrons. The highest BCUT2D eigenvalue weighted by molar-refractivity contribution is 8.03. The summed E-state index contributed by atoms with van der Waals surface area (Å²) >= 11 is 3.54. The Hall–Kier alpha value is -4.00. The summed E-state index contributed by atoms with van der Waals surface area (Å²) in [6.07, 6.45) is 10.3. The number of anilines is 1. The van der Waals surface area contributed by atoms with Crippen molar-refractivity contribution < 1.29 is 14.2 Å². The van der Waals surface area contributed by atoms with Crippen molar-refractivity contribution in [2.45, 2.75) is 38.1 Å². The number of fused-ring (bicyclic) bond motifs is 3. The van der Waals surface area contributed by atoms with Crippen LogP contribution in [0.25, 0.3) is 16.3 Å². The van der Waals surface area contributed by atoms with Crippen molar-refractivity contribution in [3.8, 4) is 0 Å². The van der Waals surface area contributed by atoms with Gasteiger partial charge in [-0.3, -0.25) is 9.59 Å². The summed E-state index contributed by atoms with van der Waals surface area (Å²) in [6, 6.07) is 24.2. The summed E-state index contributed by atoms with van der Waals surface area (Å²) < 4.78 is 3.57. The lowest BCUT2D eigenvalue weighted by Gasteiger charge is -2.18. The monoisotopic (exact) mass is 587 g/mol. The van der Waals surface area contributed by atoms with Gasteiger partial charge >= 0.3 is 0 Å². The molecular weight excluding hydrogens is 557 g/mol. The zero-order valence-corrected chi connectivity index (χ0v) is 25.3. The van der Waals surface area contributed by atoms with Gasteiger partial charge in [0.2, 0.25) is 5.52 Å². The first kappa shape index (κ1) is 26.9. The van der Waals surface area contributed by atoms with Crippen LogP contribution in [0.1, 0.15) is 52.4 Å². The first-order valence-electron chi connectivity index (χ1n) is 14.5. The number of benzene rings is 3. The van der Waals surface area contributed by atoms with Crippen LogP contribution in [-0.2, 0) is 6.54 Å². The molecule has 0 bridgehead atoms. The molecule has 1 aromatic heterocycles. The highest BCUT2D eigenvalue weighted by Gasteiger charge is 2.43. The van der Waals surface area contributed by atoms with Gasteiger partial charge in [-0.05, 0) is 67.7 Å². The Labute approximate surface area is 254 Å². The number of rotatable bonds is 6. The normalized spacial score (nSPS) is 19.0. The second kappa shape index (κ2) is 11.0. The van der Waals surface area contributed by atoms with Gasteiger partial charge in [0, 0.05) is 34.7 Å². The number of para-hydroxylation sites is 2. The summed E-state index contributed by atoms with van der Waals surface area (Å²) in [5.41, 5.74) is 6.58. The SMILES string of the molecule is CCN1/C(=C\C=C2/CCC(/C=C/c3sc4ccccc4[n+]3CC)=C2C2C(=O)c3ccccc3C2=O)Sc2ccccc21. The standard InChI is InChI=1S/C36H31N2O2S2/c1-3-37-27-13-7-9-15-29(27)41-31(37)21-19-23-17-18-24(20-22-32-38(4-2)28-14-8-10-16-30(28)42-32)33(23)34-35(39)25-11-5-6-12-26(25)36(34)40/h5-16,19-22,34H,3-4,17-18H2,1-2H3/q+1. The van der Waals surface area contributed by atoms with Gasteiger partial charge in [-0.25, -0.2) is 0 Å². The van der Waals surface area contributed by atoms with Crippen LogP contribution in [0.15, 0.2) is 118 Å². The molecule has 0 atom stereocenters. The Kier molecular flexibility index (Phi) is 7.04. The van der Waals surface area contributed by atoms with Gasteiger partial charge in [-0.2, -0.15) is 4.57 Å². The molecule has 0 N–H and O–H groups in total. The van der Waals surface area contributed by atoms with Crippen LogP contribution in [0, 0.1) is 5.92 Å². The van der Waals surface area contributed by atoms with Crippen molar-refractivity contribution in [1.29, 1.82) is 0 Å². The maximum atomic E-state index is 13.7. The average Bonchev–Trinajstić information content (AvgIpc) is 3.75. The lowest BCUT2D eigenvalue weighted by atomic mass is 9.88. The van der Waals surface area contributed by atoms with Gasteiger partial charge < -0.3 is 4.90 Å². The van der Waals surface area contributed by atoms with Crippen LogP contribution in [0.3, 0.4) is 0 Å². The Morgan fingerprint density at radius 2 is 1.57 bits per heavy atom. The number of Topliss-reactive ketones (excluding diaryl/α,β-unsaturated/α-hetero) is 2. The van der Waals surface area contributed by atoms with E-state index in [-0.39, 0.29) is 11.6 Å². The number of allylic oxidation sites excluding steroid dienone is 6. The summed E-state index contributed by atoms with van der Waals surface area (Å²) in [5, 5.41) is 2.33. The molecule has 0 saturated carbocycles. The summed E-state index contributed by atoms with van der Waals surface area (Å²) in [5.74, 6) is -0.953. The van der Waals surface area contributed by atoms with Gasteiger partial charge in [0.25, 0.3) is 5.01 Å². The molecule has 0 amide bonds. The number of ketones is 2. The van der Waals surface area contributed by atoms with Crippen molar-refractivity contribution in [2.75, 3.05) is 11.4 Å². The van der Waals surface area contributed by atoms with Crippen molar-refractivity contribution in [3.63, 3.8) is 0 Å². The van der Waals surface area contributed by atoms with E-state index >= 15 is 0 Å². The number of carbonyl (C=O) groups is 2.